The van der Waals surface area contributed by atoms with Crippen molar-refractivity contribution in [1.29, 1.82) is 5.26 Å². The van der Waals surface area contributed by atoms with Gasteiger partial charge < -0.3 is 4.74 Å². The number of allylic oxidation sites excluding steroid dienone is 1. The molecule has 0 radical (unpaired) electrons. The predicted octanol–water partition coefficient (Wildman–Crippen LogP) is 2.82. The Bertz CT molecular complexity index is 379. The van der Waals surface area contributed by atoms with Gasteiger partial charge in [0.25, 0.3) is 0 Å². The SMILES string of the molecule is COc1ccc(C=CCCl)cc1C#N. The van der Waals surface area contributed by atoms with Crippen LogP contribution in [-0.4, -0.2) is 13.0 Å². The van der Waals surface area contributed by atoms with E-state index in [0.29, 0.717) is 17.2 Å². The Hall–Kier alpha value is -1.46. The first-order valence-corrected chi connectivity index (χ1v) is 4.66. The second kappa shape index (κ2) is 5.31. The third-order valence-electron chi connectivity index (χ3n) is 1.74. The van der Waals surface area contributed by atoms with Gasteiger partial charge in [-0.3, -0.25) is 0 Å². The van der Waals surface area contributed by atoms with E-state index in [1.807, 2.05) is 18.2 Å². The zero-order valence-corrected chi connectivity index (χ0v) is 8.58. The van der Waals surface area contributed by atoms with E-state index in [9.17, 15) is 0 Å². The molecule has 0 heterocycles. The van der Waals surface area contributed by atoms with Crippen molar-refractivity contribution in [2.45, 2.75) is 0 Å². The lowest BCUT2D eigenvalue weighted by atomic mass is 10.1. The minimum atomic E-state index is 0.466. The monoisotopic (exact) mass is 207 g/mol. The van der Waals surface area contributed by atoms with Gasteiger partial charge in [-0.2, -0.15) is 5.26 Å². The Labute approximate surface area is 88.4 Å². The number of rotatable bonds is 3. The Morgan fingerprint density at radius 2 is 2.36 bits per heavy atom. The predicted molar refractivity (Wildman–Crippen MR) is 57.5 cm³/mol. The number of hydrogen-bond donors (Lipinski definition) is 0. The van der Waals surface area contributed by atoms with E-state index in [0.717, 1.165) is 5.56 Å². The number of nitriles is 1. The Balaban J connectivity index is 3.03. The number of hydrogen-bond acceptors (Lipinski definition) is 2. The highest BCUT2D eigenvalue weighted by molar-refractivity contribution is 6.19. The second-order valence-corrected chi connectivity index (χ2v) is 2.94. The van der Waals surface area contributed by atoms with Gasteiger partial charge in [-0.05, 0) is 17.7 Å². The molecule has 0 bridgehead atoms. The second-order valence-electron chi connectivity index (χ2n) is 2.63. The van der Waals surface area contributed by atoms with Gasteiger partial charge in [-0.1, -0.05) is 18.2 Å². The highest BCUT2D eigenvalue weighted by atomic mass is 35.5. The summed E-state index contributed by atoms with van der Waals surface area (Å²) in [7, 11) is 1.55. The van der Waals surface area contributed by atoms with Gasteiger partial charge in [-0.25, -0.2) is 0 Å². The van der Waals surface area contributed by atoms with Crippen LogP contribution in [0.15, 0.2) is 24.3 Å². The molecular formula is C11H10ClNO. The van der Waals surface area contributed by atoms with E-state index < -0.39 is 0 Å². The lowest BCUT2D eigenvalue weighted by Gasteiger charge is -2.02. The summed E-state index contributed by atoms with van der Waals surface area (Å²) in [5.41, 5.74) is 1.48. The van der Waals surface area contributed by atoms with Crippen molar-refractivity contribution in [2.75, 3.05) is 13.0 Å². The number of alkyl halides is 1. The maximum Gasteiger partial charge on any atom is 0.136 e. The third kappa shape index (κ3) is 2.51. The molecule has 3 heteroatoms. The molecule has 0 aliphatic heterocycles. The molecule has 0 saturated carbocycles. The van der Waals surface area contributed by atoms with E-state index in [4.69, 9.17) is 21.6 Å². The van der Waals surface area contributed by atoms with Gasteiger partial charge >= 0.3 is 0 Å². The molecule has 0 unspecified atom stereocenters. The Morgan fingerprint density at radius 1 is 1.57 bits per heavy atom. The fourth-order valence-electron chi connectivity index (χ4n) is 1.10. The van der Waals surface area contributed by atoms with Crippen LogP contribution < -0.4 is 4.74 Å². The van der Waals surface area contributed by atoms with Crippen LogP contribution in [0.1, 0.15) is 11.1 Å². The molecule has 0 N–H and O–H groups in total. The maximum absolute atomic E-state index is 8.82. The van der Waals surface area contributed by atoms with Crippen LogP contribution in [0.25, 0.3) is 6.08 Å². The first-order chi connectivity index (χ1) is 6.81. The summed E-state index contributed by atoms with van der Waals surface area (Å²) in [5, 5.41) is 8.82. The topological polar surface area (TPSA) is 33.0 Å². The number of ether oxygens (including phenoxy) is 1. The summed E-state index contributed by atoms with van der Waals surface area (Å²) in [6.07, 6.45) is 3.69. The normalized spacial score (nSPS) is 10.1. The molecule has 0 aromatic heterocycles. The highest BCUT2D eigenvalue weighted by Crippen LogP contribution is 2.19. The molecule has 72 valence electrons. The zero-order valence-electron chi connectivity index (χ0n) is 7.83. The van der Waals surface area contributed by atoms with Gasteiger partial charge in [-0.15, -0.1) is 11.6 Å². The van der Waals surface area contributed by atoms with Gasteiger partial charge in [0.05, 0.1) is 12.7 Å². The summed E-state index contributed by atoms with van der Waals surface area (Å²) >= 11 is 5.51. The zero-order chi connectivity index (χ0) is 10.4. The number of nitrogens with zero attached hydrogens (tertiary/aromatic N) is 1. The summed E-state index contributed by atoms with van der Waals surface area (Å²) in [6, 6.07) is 7.49. The van der Waals surface area contributed by atoms with Crippen LogP contribution in [0.3, 0.4) is 0 Å². The molecule has 1 aromatic rings. The average Bonchev–Trinajstić information content (AvgIpc) is 2.25. The van der Waals surface area contributed by atoms with E-state index >= 15 is 0 Å². The van der Waals surface area contributed by atoms with Crippen LogP contribution in [-0.2, 0) is 0 Å². The fourth-order valence-corrected chi connectivity index (χ4v) is 1.19. The molecular weight excluding hydrogens is 198 g/mol. The van der Waals surface area contributed by atoms with Crippen LogP contribution in [0, 0.1) is 11.3 Å². The van der Waals surface area contributed by atoms with E-state index in [1.165, 1.54) is 0 Å². The van der Waals surface area contributed by atoms with Crippen molar-refractivity contribution >= 4 is 17.7 Å². The van der Waals surface area contributed by atoms with Crippen molar-refractivity contribution in [1.82, 2.24) is 0 Å². The molecule has 0 fully saturated rings. The van der Waals surface area contributed by atoms with E-state index in [2.05, 4.69) is 6.07 Å². The standard InChI is InChI=1S/C11H10ClNO/c1-14-11-5-4-9(3-2-6-12)7-10(11)8-13/h2-5,7H,6H2,1H3. The van der Waals surface area contributed by atoms with Gasteiger partial charge in [0.1, 0.15) is 11.8 Å². The molecule has 0 saturated heterocycles. The van der Waals surface area contributed by atoms with Crippen LogP contribution in [0.5, 0.6) is 5.75 Å². The summed E-state index contributed by atoms with van der Waals surface area (Å²) in [6.45, 7) is 0. The highest BCUT2D eigenvalue weighted by Gasteiger charge is 2.01. The minimum Gasteiger partial charge on any atom is -0.495 e. The molecule has 1 aromatic carbocycles. The van der Waals surface area contributed by atoms with Gasteiger partial charge in [0.15, 0.2) is 0 Å². The molecule has 0 spiro atoms. The van der Waals surface area contributed by atoms with Crippen molar-refractivity contribution in [3.05, 3.63) is 35.4 Å². The van der Waals surface area contributed by atoms with Crippen molar-refractivity contribution in [2.24, 2.45) is 0 Å². The first-order valence-electron chi connectivity index (χ1n) is 4.12. The number of benzene rings is 1. The quantitative estimate of drug-likeness (QED) is 0.714. The molecule has 0 aliphatic carbocycles. The van der Waals surface area contributed by atoms with Crippen molar-refractivity contribution < 1.29 is 4.74 Å². The van der Waals surface area contributed by atoms with Crippen molar-refractivity contribution in [3.8, 4) is 11.8 Å². The fraction of sp³-hybridized carbons (Fsp3) is 0.182. The van der Waals surface area contributed by atoms with E-state index in [-0.39, 0.29) is 0 Å². The van der Waals surface area contributed by atoms with Gasteiger partial charge in [0.2, 0.25) is 0 Å². The van der Waals surface area contributed by atoms with Crippen LogP contribution in [0.2, 0.25) is 0 Å². The molecule has 14 heavy (non-hydrogen) atoms. The molecule has 0 amide bonds. The van der Waals surface area contributed by atoms with E-state index in [1.54, 1.807) is 19.2 Å². The smallest absolute Gasteiger partial charge is 0.136 e. The minimum absolute atomic E-state index is 0.466. The summed E-state index contributed by atoms with van der Waals surface area (Å²) < 4.78 is 5.02. The third-order valence-corrected chi connectivity index (χ3v) is 1.92. The maximum atomic E-state index is 8.82. The molecule has 2 nitrogen and oxygen atoms in total. The molecule has 1 rings (SSSR count). The Morgan fingerprint density at radius 3 is 2.93 bits per heavy atom. The largest absolute Gasteiger partial charge is 0.495 e. The van der Waals surface area contributed by atoms with Gasteiger partial charge in [0, 0.05) is 5.88 Å². The van der Waals surface area contributed by atoms with Crippen LogP contribution in [0.4, 0.5) is 0 Å². The molecule has 0 aliphatic rings. The van der Waals surface area contributed by atoms with Crippen molar-refractivity contribution in [3.63, 3.8) is 0 Å². The first kappa shape index (κ1) is 10.6. The summed E-state index contributed by atoms with van der Waals surface area (Å²) in [4.78, 5) is 0. The average molecular weight is 208 g/mol. The molecule has 0 atom stereocenters. The number of methoxy groups -OCH3 is 1. The van der Waals surface area contributed by atoms with Crippen LogP contribution >= 0.6 is 11.6 Å². The number of halogens is 1. The summed E-state index contributed by atoms with van der Waals surface area (Å²) in [5.74, 6) is 1.06. The lowest BCUT2D eigenvalue weighted by Crippen LogP contribution is -1.88. The Kier molecular flexibility index (Phi) is 4.03. The lowest BCUT2D eigenvalue weighted by molar-refractivity contribution is 0.413.